The molecule has 18 heavy (non-hydrogen) atoms. The van der Waals surface area contributed by atoms with Gasteiger partial charge in [0, 0.05) is 31.2 Å². The number of nitrogens with zero attached hydrogens (tertiary/aromatic N) is 1. The van der Waals surface area contributed by atoms with Crippen LogP contribution in [0.15, 0.2) is 18.2 Å². The molecule has 0 radical (unpaired) electrons. The summed E-state index contributed by atoms with van der Waals surface area (Å²) in [5.74, 6) is -1.55. The van der Waals surface area contributed by atoms with Gasteiger partial charge in [0.1, 0.15) is 11.6 Å². The maximum atomic E-state index is 13.5. The fourth-order valence-corrected chi connectivity index (χ4v) is 2.17. The Morgan fingerprint density at radius 2 is 2.11 bits per heavy atom. The Bertz CT molecular complexity index is 430. The van der Waals surface area contributed by atoms with E-state index in [1.807, 2.05) is 6.92 Å². The second-order valence-corrected chi connectivity index (χ2v) is 4.52. The van der Waals surface area contributed by atoms with Gasteiger partial charge < -0.3 is 10.2 Å². The number of rotatable bonds is 2. The summed E-state index contributed by atoms with van der Waals surface area (Å²) >= 11 is 0. The summed E-state index contributed by atoms with van der Waals surface area (Å²) in [6.07, 6.45) is -0.219. The highest BCUT2D eigenvalue weighted by atomic mass is 19.1. The van der Waals surface area contributed by atoms with Gasteiger partial charge in [0.15, 0.2) is 0 Å². The molecule has 1 fully saturated rings. The van der Waals surface area contributed by atoms with Crippen molar-refractivity contribution in [3.63, 3.8) is 0 Å². The lowest BCUT2D eigenvalue weighted by Gasteiger charge is -2.34. The lowest BCUT2D eigenvalue weighted by Crippen LogP contribution is -2.52. The van der Waals surface area contributed by atoms with Crippen LogP contribution in [-0.2, 0) is 11.2 Å². The van der Waals surface area contributed by atoms with Crippen LogP contribution in [0.5, 0.6) is 0 Å². The number of carbonyl (C=O) groups is 1. The molecule has 0 spiro atoms. The van der Waals surface area contributed by atoms with Crippen LogP contribution in [0.1, 0.15) is 12.5 Å². The minimum absolute atomic E-state index is 0.0566. The Morgan fingerprint density at radius 1 is 1.44 bits per heavy atom. The summed E-state index contributed by atoms with van der Waals surface area (Å²) in [6, 6.07) is 3.70. The molecule has 1 amide bonds. The van der Waals surface area contributed by atoms with Gasteiger partial charge in [-0.1, -0.05) is 6.07 Å². The zero-order valence-corrected chi connectivity index (χ0v) is 10.2. The minimum atomic E-state index is -0.661. The summed E-state index contributed by atoms with van der Waals surface area (Å²) in [4.78, 5) is 13.7. The molecule has 1 N–H and O–H groups in total. The summed E-state index contributed by atoms with van der Waals surface area (Å²) in [6.45, 7) is 3.93. The van der Waals surface area contributed by atoms with Crippen molar-refractivity contribution in [1.82, 2.24) is 10.2 Å². The molecule has 1 aromatic rings. The maximum absolute atomic E-state index is 13.5. The molecule has 1 atom stereocenters. The molecule has 3 nitrogen and oxygen atoms in total. The second kappa shape index (κ2) is 5.44. The molecule has 2 rings (SSSR count). The number of hydrogen-bond donors (Lipinski definition) is 1. The Labute approximate surface area is 105 Å². The van der Waals surface area contributed by atoms with Crippen LogP contribution in [-0.4, -0.2) is 36.5 Å². The maximum Gasteiger partial charge on any atom is 0.227 e. The van der Waals surface area contributed by atoms with Crippen LogP contribution in [0.2, 0.25) is 0 Å². The van der Waals surface area contributed by atoms with E-state index in [0.717, 1.165) is 6.54 Å². The van der Waals surface area contributed by atoms with E-state index in [4.69, 9.17) is 0 Å². The predicted octanol–water partition coefficient (Wildman–Crippen LogP) is 1.33. The van der Waals surface area contributed by atoms with Crippen LogP contribution in [0.25, 0.3) is 0 Å². The van der Waals surface area contributed by atoms with Crippen LogP contribution in [0.4, 0.5) is 8.78 Å². The van der Waals surface area contributed by atoms with Gasteiger partial charge in [-0.25, -0.2) is 8.78 Å². The zero-order chi connectivity index (χ0) is 13.1. The molecule has 1 saturated heterocycles. The largest absolute Gasteiger partial charge is 0.337 e. The van der Waals surface area contributed by atoms with Gasteiger partial charge in [0.2, 0.25) is 5.91 Å². The minimum Gasteiger partial charge on any atom is -0.337 e. The molecule has 0 aliphatic carbocycles. The van der Waals surface area contributed by atoms with Gasteiger partial charge in [-0.15, -0.1) is 0 Å². The predicted molar refractivity (Wildman–Crippen MR) is 64.1 cm³/mol. The number of halogens is 2. The SMILES string of the molecule is C[C@@H]1CNCCN1C(=O)Cc1c(F)cccc1F. The molecule has 5 heteroatoms. The van der Waals surface area contributed by atoms with Crippen LogP contribution < -0.4 is 5.32 Å². The molecule has 1 aromatic carbocycles. The van der Waals surface area contributed by atoms with E-state index in [1.165, 1.54) is 18.2 Å². The van der Waals surface area contributed by atoms with E-state index < -0.39 is 11.6 Å². The number of amides is 1. The average Bonchev–Trinajstić information content (AvgIpc) is 2.34. The number of benzene rings is 1. The molecule has 98 valence electrons. The molecule has 1 aliphatic heterocycles. The lowest BCUT2D eigenvalue weighted by atomic mass is 10.1. The van der Waals surface area contributed by atoms with Crippen LogP contribution >= 0.6 is 0 Å². The molecular formula is C13H16F2N2O. The van der Waals surface area contributed by atoms with Gasteiger partial charge in [-0.05, 0) is 19.1 Å². The third-order valence-electron chi connectivity index (χ3n) is 3.21. The number of hydrogen-bond acceptors (Lipinski definition) is 2. The molecule has 0 aromatic heterocycles. The molecule has 1 aliphatic rings. The molecule has 0 bridgehead atoms. The zero-order valence-electron chi connectivity index (χ0n) is 10.2. The summed E-state index contributed by atoms with van der Waals surface area (Å²) < 4.78 is 26.9. The highest BCUT2D eigenvalue weighted by molar-refractivity contribution is 5.79. The molecule has 1 heterocycles. The standard InChI is InChI=1S/C13H16F2N2O/c1-9-8-16-5-6-17(9)13(18)7-10-11(14)3-2-4-12(10)15/h2-4,9,16H,5-8H2,1H3/t9-/m1/s1. The normalized spacial score (nSPS) is 19.9. The first-order valence-corrected chi connectivity index (χ1v) is 6.02. The summed E-state index contributed by atoms with van der Waals surface area (Å²) in [5, 5.41) is 3.16. The van der Waals surface area contributed by atoms with Crippen molar-refractivity contribution in [3.8, 4) is 0 Å². The highest BCUT2D eigenvalue weighted by Gasteiger charge is 2.24. The van der Waals surface area contributed by atoms with Crippen molar-refractivity contribution in [2.24, 2.45) is 0 Å². The van der Waals surface area contributed by atoms with E-state index in [2.05, 4.69) is 5.32 Å². The smallest absolute Gasteiger partial charge is 0.227 e. The Kier molecular flexibility index (Phi) is 3.91. The van der Waals surface area contributed by atoms with Crippen LogP contribution in [0, 0.1) is 11.6 Å². The van der Waals surface area contributed by atoms with Crippen molar-refractivity contribution in [2.75, 3.05) is 19.6 Å². The fourth-order valence-electron chi connectivity index (χ4n) is 2.17. The summed E-state index contributed by atoms with van der Waals surface area (Å²) in [7, 11) is 0. The third kappa shape index (κ3) is 2.67. The monoisotopic (exact) mass is 254 g/mol. The quantitative estimate of drug-likeness (QED) is 0.863. The molecular weight excluding hydrogens is 238 g/mol. The number of carbonyl (C=O) groups excluding carboxylic acids is 1. The Morgan fingerprint density at radius 3 is 2.72 bits per heavy atom. The van der Waals surface area contributed by atoms with Crippen molar-refractivity contribution >= 4 is 5.91 Å². The molecule has 0 unspecified atom stereocenters. The van der Waals surface area contributed by atoms with Crippen molar-refractivity contribution in [2.45, 2.75) is 19.4 Å². The average molecular weight is 254 g/mol. The Hall–Kier alpha value is -1.49. The van der Waals surface area contributed by atoms with Gasteiger partial charge >= 0.3 is 0 Å². The third-order valence-corrected chi connectivity index (χ3v) is 3.21. The second-order valence-electron chi connectivity index (χ2n) is 4.52. The van der Waals surface area contributed by atoms with E-state index >= 15 is 0 Å². The highest BCUT2D eigenvalue weighted by Crippen LogP contribution is 2.15. The van der Waals surface area contributed by atoms with Gasteiger partial charge in [0.25, 0.3) is 0 Å². The summed E-state index contributed by atoms with van der Waals surface area (Å²) in [5.41, 5.74) is -0.145. The number of piperazine rings is 1. The Balaban J connectivity index is 2.11. The first-order valence-electron chi connectivity index (χ1n) is 6.02. The first-order chi connectivity index (χ1) is 8.59. The topological polar surface area (TPSA) is 32.3 Å². The number of nitrogens with one attached hydrogen (secondary N) is 1. The van der Waals surface area contributed by atoms with Crippen LogP contribution in [0.3, 0.4) is 0 Å². The first kappa shape index (κ1) is 13.0. The van der Waals surface area contributed by atoms with Crippen molar-refractivity contribution < 1.29 is 13.6 Å². The van der Waals surface area contributed by atoms with Crippen molar-refractivity contribution in [3.05, 3.63) is 35.4 Å². The lowest BCUT2D eigenvalue weighted by molar-refractivity contribution is -0.133. The van der Waals surface area contributed by atoms with Crippen molar-refractivity contribution in [1.29, 1.82) is 0 Å². The van der Waals surface area contributed by atoms with Gasteiger partial charge in [-0.3, -0.25) is 4.79 Å². The van der Waals surface area contributed by atoms with E-state index in [9.17, 15) is 13.6 Å². The van der Waals surface area contributed by atoms with E-state index in [1.54, 1.807) is 4.90 Å². The van der Waals surface area contributed by atoms with E-state index in [-0.39, 0.29) is 23.9 Å². The van der Waals surface area contributed by atoms with E-state index in [0.29, 0.717) is 13.1 Å². The van der Waals surface area contributed by atoms with Gasteiger partial charge in [-0.2, -0.15) is 0 Å². The fraction of sp³-hybridized carbons (Fsp3) is 0.462. The van der Waals surface area contributed by atoms with Gasteiger partial charge in [0.05, 0.1) is 6.42 Å². The molecule has 0 saturated carbocycles.